The Kier molecular flexibility index (Phi) is 8.46. The summed E-state index contributed by atoms with van der Waals surface area (Å²) in [6, 6.07) is 4.43. The molecule has 0 bridgehead atoms. The van der Waals surface area contributed by atoms with E-state index >= 15 is 0 Å². The molecule has 2 fully saturated rings. The highest BCUT2D eigenvalue weighted by atomic mass is 32.2. The summed E-state index contributed by atoms with van der Waals surface area (Å²) in [6.07, 6.45) is 2.39. The van der Waals surface area contributed by atoms with E-state index in [0.29, 0.717) is 44.9 Å². The highest BCUT2D eigenvalue weighted by molar-refractivity contribution is 7.89. The first-order valence-corrected chi connectivity index (χ1v) is 12.3. The van der Waals surface area contributed by atoms with Crippen molar-refractivity contribution in [2.24, 2.45) is 0 Å². The van der Waals surface area contributed by atoms with Crippen molar-refractivity contribution in [1.29, 1.82) is 0 Å². The summed E-state index contributed by atoms with van der Waals surface area (Å²) in [5, 5.41) is 2.86. The van der Waals surface area contributed by atoms with Crippen LogP contribution in [0.3, 0.4) is 0 Å². The molecule has 10 nitrogen and oxygen atoms in total. The number of hydrogen-bond donors (Lipinski definition) is 2. The van der Waals surface area contributed by atoms with Crippen molar-refractivity contribution in [1.82, 2.24) is 19.8 Å². The molecule has 2 aliphatic rings. The Hall–Kier alpha value is -2.21. The van der Waals surface area contributed by atoms with Gasteiger partial charge in [-0.05, 0) is 37.5 Å². The van der Waals surface area contributed by atoms with E-state index in [9.17, 15) is 18.0 Å². The van der Waals surface area contributed by atoms with Crippen LogP contribution in [0.25, 0.3) is 0 Å². The van der Waals surface area contributed by atoms with Gasteiger partial charge in [0.1, 0.15) is 10.6 Å². The summed E-state index contributed by atoms with van der Waals surface area (Å²) in [4.78, 5) is 28.7. The first-order chi connectivity index (χ1) is 15.3. The monoisotopic (exact) mass is 468 g/mol. The molecule has 2 amide bonds. The summed E-state index contributed by atoms with van der Waals surface area (Å²) < 4.78 is 38.2. The van der Waals surface area contributed by atoms with Crippen LogP contribution in [-0.4, -0.2) is 96.2 Å². The molecule has 0 atom stereocenters. The van der Waals surface area contributed by atoms with E-state index in [0.717, 1.165) is 19.3 Å². The van der Waals surface area contributed by atoms with Crippen molar-refractivity contribution in [3.8, 4) is 5.75 Å². The maximum atomic E-state index is 13.0. The zero-order chi connectivity index (χ0) is 23.1. The molecule has 0 spiro atoms. The molecule has 0 radical (unpaired) electrons. The standard InChI is InChI=1S/C21H32N4O6S/c1-30-13-3-8-22-20(26)15-24-9-11-25(12-10-24)21(27)16-4-7-18(31-2)19(14-16)32(28,29)23-17-5-6-17/h4,7,14,17,23H,3,5-6,8-13,15H2,1-2H3,(H,22,26). The predicted molar refractivity (Wildman–Crippen MR) is 118 cm³/mol. The molecule has 1 aromatic rings. The van der Waals surface area contributed by atoms with E-state index in [1.807, 2.05) is 4.90 Å². The van der Waals surface area contributed by atoms with E-state index in [2.05, 4.69) is 10.0 Å². The number of nitrogens with zero attached hydrogens (tertiary/aromatic N) is 2. The zero-order valence-corrected chi connectivity index (χ0v) is 19.4. The number of amides is 2. The lowest BCUT2D eigenvalue weighted by atomic mass is 10.1. The van der Waals surface area contributed by atoms with Crippen molar-refractivity contribution in [2.75, 3.05) is 60.1 Å². The number of nitrogens with one attached hydrogen (secondary N) is 2. The summed E-state index contributed by atoms with van der Waals surface area (Å²) in [6.45, 7) is 3.53. The number of carbonyl (C=O) groups is 2. The average Bonchev–Trinajstić information content (AvgIpc) is 3.59. The molecule has 178 valence electrons. The van der Waals surface area contributed by atoms with Crippen LogP contribution in [0.5, 0.6) is 5.75 Å². The van der Waals surface area contributed by atoms with Crippen LogP contribution in [-0.2, 0) is 19.6 Å². The van der Waals surface area contributed by atoms with Gasteiger partial charge in [-0.15, -0.1) is 0 Å². The topological polar surface area (TPSA) is 117 Å². The molecule has 1 aliphatic heterocycles. The summed E-state index contributed by atoms with van der Waals surface area (Å²) in [5.41, 5.74) is 0.298. The Bertz CT molecular complexity index is 911. The van der Waals surface area contributed by atoms with Gasteiger partial charge in [-0.2, -0.15) is 0 Å². The number of carbonyl (C=O) groups excluding carboxylic acids is 2. The molecule has 1 heterocycles. The smallest absolute Gasteiger partial charge is 0.253 e. The number of methoxy groups -OCH3 is 2. The predicted octanol–water partition coefficient (Wildman–Crippen LogP) is 0.0464. The van der Waals surface area contributed by atoms with Gasteiger partial charge < -0.3 is 19.7 Å². The minimum atomic E-state index is -3.77. The van der Waals surface area contributed by atoms with Gasteiger partial charge in [0.15, 0.2) is 0 Å². The molecule has 1 saturated carbocycles. The molecular weight excluding hydrogens is 436 g/mol. The first kappa shape index (κ1) is 24.4. The Morgan fingerprint density at radius 1 is 1.12 bits per heavy atom. The van der Waals surface area contributed by atoms with E-state index in [1.165, 1.54) is 19.2 Å². The molecular formula is C21H32N4O6S. The first-order valence-electron chi connectivity index (χ1n) is 10.8. The molecule has 0 unspecified atom stereocenters. The molecule has 3 rings (SSSR count). The lowest BCUT2D eigenvalue weighted by molar-refractivity contribution is -0.122. The Morgan fingerprint density at radius 2 is 1.84 bits per heavy atom. The highest BCUT2D eigenvalue weighted by Gasteiger charge is 2.31. The molecule has 1 aromatic carbocycles. The van der Waals surface area contributed by atoms with Crippen molar-refractivity contribution in [3.63, 3.8) is 0 Å². The Balaban J connectivity index is 1.57. The SMILES string of the molecule is COCCCNC(=O)CN1CCN(C(=O)c2ccc(OC)c(S(=O)(=O)NC3CC3)c2)CC1. The summed E-state index contributed by atoms with van der Waals surface area (Å²) >= 11 is 0. The highest BCUT2D eigenvalue weighted by Crippen LogP contribution is 2.28. The van der Waals surface area contributed by atoms with Gasteiger partial charge in [-0.1, -0.05) is 0 Å². The summed E-state index contributed by atoms with van der Waals surface area (Å²) in [5.74, 6) is -0.0794. The number of sulfonamides is 1. The van der Waals surface area contributed by atoms with Gasteiger partial charge in [0, 0.05) is 58.0 Å². The quantitative estimate of drug-likeness (QED) is 0.441. The van der Waals surface area contributed by atoms with Gasteiger partial charge in [0.25, 0.3) is 5.91 Å². The fraction of sp³-hybridized carbons (Fsp3) is 0.619. The van der Waals surface area contributed by atoms with Crippen LogP contribution in [0.1, 0.15) is 29.6 Å². The van der Waals surface area contributed by atoms with Crippen molar-refractivity contribution < 1.29 is 27.5 Å². The maximum Gasteiger partial charge on any atom is 0.253 e. The average molecular weight is 469 g/mol. The number of hydrogen-bond acceptors (Lipinski definition) is 7. The molecule has 1 aliphatic carbocycles. The second kappa shape index (κ2) is 11.1. The largest absolute Gasteiger partial charge is 0.495 e. The lowest BCUT2D eigenvalue weighted by Gasteiger charge is -2.34. The number of piperazine rings is 1. The normalized spacial score (nSPS) is 17.2. The third kappa shape index (κ3) is 6.64. The van der Waals surface area contributed by atoms with E-state index in [1.54, 1.807) is 18.1 Å². The third-order valence-electron chi connectivity index (χ3n) is 5.47. The third-order valence-corrected chi connectivity index (χ3v) is 7.02. The number of rotatable bonds is 11. The van der Waals surface area contributed by atoms with Crippen LogP contribution in [0.2, 0.25) is 0 Å². The van der Waals surface area contributed by atoms with Crippen molar-refractivity contribution in [2.45, 2.75) is 30.2 Å². The second-order valence-corrected chi connectivity index (χ2v) is 9.71. The minimum absolute atomic E-state index is 0.0264. The van der Waals surface area contributed by atoms with E-state index < -0.39 is 10.0 Å². The number of ether oxygens (including phenoxy) is 2. The van der Waals surface area contributed by atoms with Crippen LogP contribution in [0, 0.1) is 0 Å². The molecule has 2 N–H and O–H groups in total. The van der Waals surface area contributed by atoms with E-state index in [-0.39, 0.29) is 35.0 Å². The Labute approximate surface area is 189 Å². The van der Waals surface area contributed by atoms with Crippen LogP contribution < -0.4 is 14.8 Å². The van der Waals surface area contributed by atoms with Crippen molar-refractivity contribution in [3.05, 3.63) is 23.8 Å². The van der Waals surface area contributed by atoms with Crippen LogP contribution >= 0.6 is 0 Å². The second-order valence-electron chi connectivity index (χ2n) is 8.03. The van der Waals surface area contributed by atoms with Crippen LogP contribution in [0.15, 0.2) is 23.1 Å². The molecule has 1 saturated heterocycles. The van der Waals surface area contributed by atoms with Gasteiger partial charge >= 0.3 is 0 Å². The van der Waals surface area contributed by atoms with Crippen molar-refractivity contribution >= 4 is 21.8 Å². The van der Waals surface area contributed by atoms with Gasteiger partial charge in [-0.25, -0.2) is 13.1 Å². The van der Waals surface area contributed by atoms with Gasteiger partial charge in [0.2, 0.25) is 15.9 Å². The zero-order valence-electron chi connectivity index (χ0n) is 18.6. The fourth-order valence-electron chi connectivity index (χ4n) is 3.50. The number of benzene rings is 1. The van der Waals surface area contributed by atoms with Gasteiger partial charge in [-0.3, -0.25) is 14.5 Å². The lowest BCUT2D eigenvalue weighted by Crippen LogP contribution is -2.51. The Morgan fingerprint density at radius 3 is 2.47 bits per heavy atom. The molecule has 11 heteroatoms. The maximum absolute atomic E-state index is 13.0. The van der Waals surface area contributed by atoms with E-state index in [4.69, 9.17) is 9.47 Å². The molecule has 0 aromatic heterocycles. The summed E-state index contributed by atoms with van der Waals surface area (Å²) in [7, 11) is -0.740. The van der Waals surface area contributed by atoms with Crippen LogP contribution in [0.4, 0.5) is 0 Å². The minimum Gasteiger partial charge on any atom is -0.495 e. The molecule has 32 heavy (non-hydrogen) atoms. The fourth-order valence-corrected chi connectivity index (χ4v) is 5.00. The van der Waals surface area contributed by atoms with Gasteiger partial charge in [0.05, 0.1) is 13.7 Å².